The molecule has 1 heterocycles. The second-order valence-corrected chi connectivity index (χ2v) is 9.47. The van der Waals surface area contributed by atoms with Crippen LogP contribution in [0.4, 0.5) is 5.69 Å². The van der Waals surface area contributed by atoms with Gasteiger partial charge in [-0.1, -0.05) is 58.2 Å². The number of hydrogen-bond donors (Lipinski definition) is 2. The zero-order valence-corrected chi connectivity index (χ0v) is 21.4. The number of carbonyl (C=O) groups is 2. The molecule has 0 radical (unpaired) electrons. The zero-order valence-electron chi connectivity index (χ0n) is 17.5. The Morgan fingerprint density at radius 1 is 1.03 bits per heavy atom. The first-order chi connectivity index (χ1) is 15.7. The van der Waals surface area contributed by atoms with E-state index in [4.69, 9.17) is 46.4 Å². The van der Waals surface area contributed by atoms with Crippen LogP contribution >= 0.6 is 58.2 Å². The molecule has 1 aromatic heterocycles. The van der Waals surface area contributed by atoms with Crippen LogP contribution in [-0.4, -0.2) is 32.3 Å². The third-order valence-corrected chi connectivity index (χ3v) is 6.76. The van der Waals surface area contributed by atoms with E-state index in [2.05, 4.69) is 20.8 Å². The fourth-order valence-corrected chi connectivity index (χ4v) is 4.54. The van der Waals surface area contributed by atoms with E-state index in [1.165, 1.54) is 17.8 Å². The molecule has 2 N–H and O–H groups in total. The highest BCUT2D eigenvalue weighted by Gasteiger charge is 2.21. The maximum absolute atomic E-state index is 12.6. The van der Waals surface area contributed by atoms with Crippen molar-refractivity contribution in [1.82, 2.24) is 20.1 Å². The van der Waals surface area contributed by atoms with Crippen molar-refractivity contribution in [2.75, 3.05) is 11.1 Å². The summed E-state index contributed by atoms with van der Waals surface area (Å²) < 4.78 is 1.84. The molecular weight excluding hydrogens is 528 g/mol. The van der Waals surface area contributed by atoms with Crippen molar-refractivity contribution in [1.29, 1.82) is 0 Å². The Balaban J connectivity index is 1.64. The Bertz CT molecular complexity index is 1190. The molecule has 0 bridgehead atoms. The van der Waals surface area contributed by atoms with Crippen molar-refractivity contribution >= 4 is 75.7 Å². The molecule has 174 valence electrons. The van der Waals surface area contributed by atoms with E-state index in [0.717, 1.165) is 0 Å². The molecule has 3 rings (SSSR count). The Hall–Kier alpha value is -1.97. The first-order valence-electron chi connectivity index (χ1n) is 9.76. The van der Waals surface area contributed by atoms with Gasteiger partial charge >= 0.3 is 0 Å². The highest BCUT2D eigenvalue weighted by molar-refractivity contribution is 7.99. The number of thioether (sulfide) groups is 1. The van der Waals surface area contributed by atoms with Gasteiger partial charge in [0.25, 0.3) is 5.91 Å². The summed E-state index contributed by atoms with van der Waals surface area (Å²) in [6.07, 6.45) is 0. The average Bonchev–Trinajstić information content (AvgIpc) is 3.18. The van der Waals surface area contributed by atoms with Gasteiger partial charge in [0.05, 0.1) is 32.4 Å². The Kier molecular flexibility index (Phi) is 8.89. The van der Waals surface area contributed by atoms with Crippen molar-refractivity contribution < 1.29 is 9.59 Å². The molecular formula is C21H19Cl4N5O2S. The summed E-state index contributed by atoms with van der Waals surface area (Å²) in [7, 11) is 0. The Morgan fingerprint density at radius 3 is 2.45 bits per heavy atom. The molecule has 0 saturated heterocycles. The summed E-state index contributed by atoms with van der Waals surface area (Å²) in [4.78, 5) is 25.0. The summed E-state index contributed by atoms with van der Waals surface area (Å²) in [6, 6.07) is 9.08. The third-order valence-electron chi connectivity index (χ3n) is 4.51. The number of rotatable bonds is 8. The molecule has 1 atom stereocenters. The smallest absolute Gasteiger partial charge is 0.253 e. The molecule has 2 aromatic carbocycles. The largest absolute Gasteiger partial charge is 0.342 e. The van der Waals surface area contributed by atoms with Gasteiger partial charge in [-0.3, -0.25) is 9.59 Å². The van der Waals surface area contributed by atoms with E-state index in [-0.39, 0.29) is 22.6 Å². The van der Waals surface area contributed by atoms with E-state index < -0.39 is 6.04 Å². The van der Waals surface area contributed by atoms with Crippen LogP contribution in [0.3, 0.4) is 0 Å². The number of amides is 2. The van der Waals surface area contributed by atoms with Crippen molar-refractivity contribution in [2.24, 2.45) is 0 Å². The van der Waals surface area contributed by atoms with Gasteiger partial charge < -0.3 is 15.2 Å². The number of benzene rings is 2. The first-order valence-corrected chi connectivity index (χ1v) is 12.3. The van der Waals surface area contributed by atoms with Crippen LogP contribution in [0.1, 0.15) is 36.1 Å². The minimum atomic E-state index is -0.448. The van der Waals surface area contributed by atoms with Gasteiger partial charge in [0.1, 0.15) is 0 Å². The number of hydrogen-bond acceptors (Lipinski definition) is 5. The van der Waals surface area contributed by atoms with Crippen LogP contribution in [-0.2, 0) is 11.3 Å². The molecule has 0 saturated carbocycles. The van der Waals surface area contributed by atoms with Crippen molar-refractivity contribution in [3.63, 3.8) is 0 Å². The number of carbonyl (C=O) groups excluding carboxylic acids is 2. The molecule has 12 heteroatoms. The number of anilines is 1. The van der Waals surface area contributed by atoms with Crippen LogP contribution in [0.15, 0.2) is 41.6 Å². The van der Waals surface area contributed by atoms with E-state index in [9.17, 15) is 9.59 Å². The lowest BCUT2D eigenvalue weighted by molar-refractivity contribution is -0.113. The molecule has 0 aliphatic heterocycles. The minimum absolute atomic E-state index is 0.111. The van der Waals surface area contributed by atoms with Crippen LogP contribution in [0.2, 0.25) is 20.1 Å². The summed E-state index contributed by atoms with van der Waals surface area (Å²) >= 11 is 25.1. The molecule has 0 aliphatic rings. The number of halogens is 4. The van der Waals surface area contributed by atoms with E-state index in [1.807, 2.05) is 11.5 Å². The van der Waals surface area contributed by atoms with Crippen LogP contribution in [0, 0.1) is 0 Å². The highest BCUT2D eigenvalue weighted by atomic mass is 35.5. The van der Waals surface area contributed by atoms with Gasteiger partial charge in [0.2, 0.25) is 5.91 Å². The molecule has 7 nitrogen and oxygen atoms in total. The van der Waals surface area contributed by atoms with Gasteiger partial charge in [-0.15, -0.1) is 10.2 Å². The van der Waals surface area contributed by atoms with Crippen molar-refractivity contribution in [2.45, 2.75) is 31.6 Å². The Labute approximate surface area is 215 Å². The summed E-state index contributed by atoms with van der Waals surface area (Å²) in [6.45, 7) is 4.28. The highest BCUT2D eigenvalue weighted by Crippen LogP contribution is 2.26. The Morgan fingerprint density at radius 2 is 1.79 bits per heavy atom. The fraction of sp³-hybridized carbons (Fsp3) is 0.238. The fourth-order valence-electron chi connectivity index (χ4n) is 2.94. The van der Waals surface area contributed by atoms with E-state index in [1.54, 1.807) is 37.3 Å². The second kappa shape index (κ2) is 11.4. The van der Waals surface area contributed by atoms with Gasteiger partial charge in [-0.2, -0.15) is 0 Å². The normalized spacial score (nSPS) is 11.8. The van der Waals surface area contributed by atoms with Crippen LogP contribution in [0.5, 0.6) is 0 Å². The maximum Gasteiger partial charge on any atom is 0.253 e. The average molecular weight is 547 g/mol. The van der Waals surface area contributed by atoms with E-state index >= 15 is 0 Å². The second-order valence-electron chi connectivity index (χ2n) is 6.87. The quantitative estimate of drug-likeness (QED) is 0.331. The van der Waals surface area contributed by atoms with Gasteiger partial charge in [0.15, 0.2) is 11.0 Å². The summed E-state index contributed by atoms with van der Waals surface area (Å²) in [5.74, 6) is 0.0807. The molecule has 0 fully saturated rings. The van der Waals surface area contributed by atoms with Crippen molar-refractivity contribution in [3.05, 3.63) is 67.9 Å². The topological polar surface area (TPSA) is 88.9 Å². The predicted octanol–water partition coefficient (Wildman–Crippen LogP) is 6.13. The third kappa shape index (κ3) is 6.55. The van der Waals surface area contributed by atoms with Crippen LogP contribution in [0.25, 0.3) is 0 Å². The standard InChI is InChI=1S/C21H19Cl4N5O2S/c1-3-30-19(11(2)26-20(32)14-6-4-12(22)8-16(14)24)28-29-21(30)33-10-18(31)27-13-5-7-15(23)17(25)9-13/h4-9,11H,3,10H2,1-2H3,(H,26,32)(H,27,31)/t11-/m1/s1. The van der Waals surface area contributed by atoms with E-state index in [0.29, 0.717) is 43.8 Å². The van der Waals surface area contributed by atoms with Gasteiger partial charge in [0, 0.05) is 17.3 Å². The number of aromatic nitrogens is 3. The number of nitrogens with one attached hydrogen (secondary N) is 2. The monoisotopic (exact) mass is 545 g/mol. The molecule has 2 amide bonds. The van der Waals surface area contributed by atoms with Gasteiger partial charge in [-0.25, -0.2) is 0 Å². The molecule has 0 spiro atoms. The molecule has 0 unspecified atom stereocenters. The lowest BCUT2D eigenvalue weighted by Crippen LogP contribution is -2.29. The SMILES string of the molecule is CCn1c(SCC(=O)Nc2ccc(Cl)c(Cl)c2)nnc1[C@@H](C)NC(=O)c1ccc(Cl)cc1Cl. The maximum atomic E-state index is 12.6. The predicted molar refractivity (Wildman–Crippen MR) is 134 cm³/mol. The zero-order chi connectivity index (χ0) is 24.1. The minimum Gasteiger partial charge on any atom is -0.342 e. The lowest BCUT2D eigenvalue weighted by atomic mass is 10.2. The molecule has 33 heavy (non-hydrogen) atoms. The molecule has 3 aromatic rings. The lowest BCUT2D eigenvalue weighted by Gasteiger charge is -2.15. The summed E-state index contributed by atoms with van der Waals surface area (Å²) in [5.41, 5.74) is 0.855. The van der Waals surface area contributed by atoms with Crippen LogP contribution < -0.4 is 10.6 Å². The van der Waals surface area contributed by atoms with Gasteiger partial charge in [-0.05, 0) is 50.2 Å². The number of nitrogens with zero attached hydrogens (tertiary/aromatic N) is 3. The van der Waals surface area contributed by atoms with Crippen molar-refractivity contribution in [3.8, 4) is 0 Å². The summed E-state index contributed by atoms with van der Waals surface area (Å²) in [5, 5.41) is 16.1. The first kappa shape index (κ1) is 25.6. The molecule has 0 aliphatic carbocycles.